The molecule has 2 heteroatoms. The maximum Gasteiger partial charge on any atom is 0.0188 e. The summed E-state index contributed by atoms with van der Waals surface area (Å²) >= 11 is 1.90. The molecule has 16 heavy (non-hydrogen) atoms. The predicted octanol–water partition coefficient (Wildman–Crippen LogP) is 3.78. The van der Waals surface area contributed by atoms with Gasteiger partial charge in [-0.1, -0.05) is 38.1 Å². The number of hydrogen-bond donors (Lipinski definition) is 1. The first-order valence-corrected chi connectivity index (χ1v) is 6.99. The van der Waals surface area contributed by atoms with Crippen molar-refractivity contribution < 1.29 is 0 Å². The Morgan fingerprint density at radius 2 is 1.75 bits per heavy atom. The Bertz CT molecular complexity index is 309. The first-order valence-electron chi connectivity index (χ1n) is 5.84. The minimum Gasteiger partial charge on any atom is -0.325 e. The van der Waals surface area contributed by atoms with E-state index in [1.165, 1.54) is 11.1 Å². The molecule has 0 heterocycles. The Balaban J connectivity index is 2.44. The second-order valence-electron chi connectivity index (χ2n) is 5.38. The SMILES string of the molecule is CC(C)c1ccc(CSCC(C)(C)N)cc1. The van der Waals surface area contributed by atoms with E-state index in [9.17, 15) is 0 Å². The van der Waals surface area contributed by atoms with Gasteiger partial charge in [-0.05, 0) is 30.9 Å². The van der Waals surface area contributed by atoms with Gasteiger partial charge in [0.05, 0.1) is 0 Å². The molecule has 0 saturated carbocycles. The maximum atomic E-state index is 5.94. The van der Waals surface area contributed by atoms with Crippen molar-refractivity contribution in [1.82, 2.24) is 0 Å². The van der Waals surface area contributed by atoms with Gasteiger partial charge in [-0.2, -0.15) is 11.8 Å². The van der Waals surface area contributed by atoms with Crippen molar-refractivity contribution >= 4 is 11.8 Å². The van der Waals surface area contributed by atoms with Crippen molar-refractivity contribution in [3.05, 3.63) is 35.4 Å². The summed E-state index contributed by atoms with van der Waals surface area (Å²) in [6.45, 7) is 8.59. The monoisotopic (exact) mass is 237 g/mol. The van der Waals surface area contributed by atoms with Crippen molar-refractivity contribution in [3.8, 4) is 0 Å². The fraction of sp³-hybridized carbons (Fsp3) is 0.571. The topological polar surface area (TPSA) is 26.0 Å². The van der Waals surface area contributed by atoms with Crippen LogP contribution in [0.5, 0.6) is 0 Å². The zero-order chi connectivity index (χ0) is 12.2. The Kier molecular flexibility index (Phi) is 4.88. The highest BCUT2D eigenvalue weighted by Crippen LogP contribution is 2.19. The van der Waals surface area contributed by atoms with Crippen LogP contribution in [0.2, 0.25) is 0 Å². The Morgan fingerprint density at radius 1 is 1.19 bits per heavy atom. The molecular formula is C14H23NS. The van der Waals surface area contributed by atoms with Crippen LogP contribution < -0.4 is 5.73 Å². The van der Waals surface area contributed by atoms with Crippen LogP contribution in [0, 0.1) is 0 Å². The van der Waals surface area contributed by atoms with E-state index in [1.54, 1.807) is 0 Å². The summed E-state index contributed by atoms with van der Waals surface area (Å²) < 4.78 is 0. The van der Waals surface area contributed by atoms with Gasteiger partial charge in [0, 0.05) is 17.0 Å². The van der Waals surface area contributed by atoms with Gasteiger partial charge >= 0.3 is 0 Å². The van der Waals surface area contributed by atoms with E-state index < -0.39 is 0 Å². The van der Waals surface area contributed by atoms with Crippen molar-refractivity contribution in [1.29, 1.82) is 0 Å². The quantitative estimate of drug-likeness (QED) is 0.843. The first-order chi connectivity index (χ1) is 7.38. The molecule has 0 bridgehead atoms. The van der Waals surface area contributed by atoms with E-state index in [0.717, 1.165) is 11.5 Å². The molecule has 0 fully saturated rings. The molecule has 0 atom stereocenters. The standard InChI is InChI=1S/C14H23NS/c1-11(2)13-7-5-12(6-8-13)9-16-10-14(3,4)15/h5-8,11H,9-10,15H2,1-4H3. The van der Waals surface area contributed by atoms with Crippen LogP contribution in [-0.4, -0.2) is 11.3 Å². The molecule has 0 radical (unpaired) electrons. The Morgan fingerprint density at radius 3 is 2.19 bits per heavy atom. The van der Waals surface area contributed by atoms with E-state index in [0.29, 0.717) is 5.92 Å². The van der Waals surface area contributed by atoms with Gasteiger partial charge in [-0.25, -0.2) is 0 Å². The smallest absolute Gasteiger partial charge is 0.0188 e. The number of thioether (sulfide) groups is 1. The third-order valence-corrected chi connectivity index (χ3v) is 3.87. The van der Waals surface area contributed by atoms with Gasteiger partial charge < -0.3 is 5.73 Å². The molecule has 2 N–H and O–H groups in total. The lowest BCUT2D eigenvalue weighted by Crippen LogP contribution is -2.34. The second-order valence-corrected chi connectivity index (χ2v) is 6.36. The Hall–Kier alpha value is -0.470. The average molecular weight is 237 g/mol. The average Bonchev–Trinajstić information content (AvgIpc) is 2.16. The van der Waals surface area contributed by atoms with Gasteiger partial charge in [0.15, 0.2) is 0 Å². The van der Waals surface area contributed by atoms with Crippen molar-refractivity contribution in [2.75, 3.05) is 5.75 Å². The molecule has 0 amide bonds. The molecule has 0 aliphatic heterocycles. The Labute approximate surface area is 104 Å². The summed E-state index contributed by atoms with van der Waals surface area (Å²) in [4.78, 5) is 0. The number of hydrogen-bond acceptors (Lipinski definition) is 2. The highest BCUT2D eigenvalue weighted by Gasteiger charge is 2.10. The van der Waals surface area contributed by atoms with Crippen LogP contribution in [0.3, 0.4) is 0 Å². The molecule has 0 unspecified atom stereocenters. The molecule has 1 aromatic carbocycles. The van der Waals surface area contributed by atoms with Crippen molar-refractivity contribution in [3.63, 3.8) is 0 Å². The molecule has 1 nitrogen and oxygen atoms in total. The molecule has 0 aromatic heterocycles. The lowest BCUT2D eigenvalue weighted by molar-refractivity contribution is 0.591. The van der Waals surface area contributed by atoms with Gasteiger partial charge in [0.1, 0.15) is 0 Å². The highest BCUT2D eigenvalue weighted by atomic mass is 32.2. The van der Waals surface area contributed by atoms with Crippen molar-refractivity contribution in [2.24, 2.45) is 5.73 Å². The summed E-state index contributed by atoms with van der Waals surface area (Å²) in [6.07, 6.45) is 0. The fourth-order valence-corrected chi connectivity index (χ4v) is 2.49. The third-order valence-electron chi connectivity index (χ3n) is 2.39. The number of nitrogens with two attached hydrogens (primary N) is 1. The normalized spacial score (nSPS) is 12.1. The van der Waals surface area contributed by atoms with Crippen LogP contribution in [0.4, 0.5) is 0 Å². The van der Waals surface area contributed by atoms with E-state index >= 15 is 0 Å². The van der Waals surface area contributed by atoms with E-state index in [-0.39, 0.29) is 5.54 Å². The first kappa shape index (κ1) is 13.6. The van der Waals surface area contributed by atoms with Crippen LogP contribution in [-0.2, 0) is 5.75 Å². The molecule has 0 aliphatic rings. The van der Waals surface area contributed by atoms with Crippen LogP contribution in [0.15, 0.2) is 24.3 Å². The molecule has 0 spiro atoms. The van der Waals surface area contributed by atoms with Gasteiger partial charge in [0.25, 0.3) is 0 Å². The summed E-state index contributed by atoms with van der Waals surface area (Å²) in [5.74, 6) is 2.67. The minimum absolute atomic E-state index is 0.0669. The minimum atomic E-state index is -0.0669. The molecule has 0 aliphatic carbocycles. The summed E-state index contributed by atoms with van der Waals surface area (Å²) in [7, 11) is 0. The lowest BCUT2D eigenvalue weighted by atomic mass is 10.0. The molecule has 1 rings (SSSR count). The predicted molar refractivity (Wildman–Crippen MR) is 75.0 cm³/mol. The second kappa shape index (κ2) is 5.74. The van der Waals surface area contributed by atoms with Gasteiger partial charge in [-0.15, -0.1) is 0 Å². The summed E-state index contributed by atoms with van der Waals surface area (Å²) in [6, 6.07) is 8.92. The third kappa shape index (κ3) is 5.04. The lowest BCUT2D eigenvalue weighted by Gasteiger charge is -2.17. The van der Waals surface area contributed by atoms with Crippen molar-refractivity contribution in [2.45, 2.75) is 44.9 Å². The van der Waals surface area contributed by atoms with E-state index in [4.69, 9.17) is 5.73 Å². The van der Waals surface area contributed by atoms with E-state index in [1.807, 2.05) is 11.8 Å². The molecule has 90 valence electrons. The fourth-order valence-electron chi connectivity index (χ4n) is 1.43. The zero-order valence-corrected chi connectivity index (χ0v) is 11.6. The molecule has 1 aromatic rings. The molecule has 0 saturated heterocycles. The zero-order valence-electron chi connectivity index (χ0n) is 10.8. The summed E-state index contributed by atoms with van der Waals surface area (Å²) in [5.41, 5.74) is 8.67. The van der Waals surface area contributed by atoms with Crippen LogP contribution in [0.1, 0.15) is 44.7 Å². The number of rotatable bonds is 5. The number of benzene rings is 1. The molecular weight excluding hydrogens is 214 g/mol. The highest BCUT2D eigenvalue weighted by molar-refractivity contribution is 7.98. The van der Waals surface area contributed by atoms with E-state index in [2.05, 4.69) is 52.0 Å². The van der Waals surface area contributed by atoms with Crippen LogP contribution >= 0.6 is 11.8 Å². The maximum absolute atomic E-state index is 5.94. The van der Waals surface area contributed by atoms with Gasteiger partial charge in [-0.3, -0.25) is 0 Å². The van der Waals surface area contributed by atoms with Gasteiger partial charge in [0.2, 0.25) is 0 Å². The van der Waals surface area contributed by atoms with Crippen LogP contribution in [0.25, 0.3) is 0 Å². The summed E-state index contributed by atoms with van der Waals surface area (Å²) in [5, 5.41) is 0. The largest absolute Gasteiger partial charge is 0.325 e.